The molecule has 140 valence electrons. The van der Waals surface area contributed by atoms with Gasteiger partial charge in [0, 0.05) is 7.05 Å². The molecule has 0 saturated heterocycles. The molecule has 2 aromatic heterocycles. The number of aryl methyl sites for hydroxylation is 1. The van der Waals surface area contributed by atoms with Crippen molar-refractivity contribution in [3.8, 4) is 0 Å². The average Bonchev–Trinajstić information content (AvgIpc) is 3.11. The molecule has 2 rings (SSSR count). The molecular weight excluding hydrogens is 380 g/mol. The Morgan fingerprint density at radius 3 is 2.35 bits per heavy atom. The highest BCUT2D eigenvalue weighted by Crippen LogP contribution is 2.34. The second-order valence-corrected chi connectivity index (χ2v) is 7.13. The van der Waals surface area contributed by atoms with Crippen molar-refractivity contribution in [2.45, 2.75) is 19.0 Å². The van der Waals surface area contributed by atoms with Crippen LogP contribution in [0.5, 0.6) is 0 Å². The predicted molar refractivity (Wildman–Crippen MR) is 96.8 cm³/mol. The molecule has 0 aliphatic heterocycles. The molecule has 2 heterocycles. The Morgan fingerprint density at radius 1 is 1.15 bits per heavy atom. The van der Waals surface area contributed by atoms with Crippen molar-refractivity contribution >= 4 is 45.9 Å². The van der Waals surface area contributed by atoms with Crippen molar-refractivity contribution in [2.24, 2.45) is 7.05 Å². The number of amides is 1. The number of nitrogens with zero attached hydrogens (tertiary/aromatic N) is 3. The zero-order chi connectivity index (χ0) is 19.4. The highest BCUT2D eigenvalue weighted by molar-refractivity contribution is 7.99. The van der Waals surface area contributed by atoms with E-state index in [-0.39, 0.29) is 27.1 Å². The van der Waals surface area contributed by atoms with E-state index in [1.165, 1.54) is 26.0 Å². The van der Waals surface area contributed by atoms with Crippen LogP contribution in [-0.2, 0) is 21.3 Å². The third-order valence-electron chi connectivity index (χ3n) is 3.55. The first kappa shape index (κ1) is 19.9. The van der Waals surface area contributed by atoms with E-state index in [9.17, 15) is 14.4 Å². The molecule has 0 aliphatic carbocycles. The summed E-state index contributed by atoms with van der Waals surface area (Å²) < 4.78 is 11.2. The molecule has 0 radical (unpaired) electrons. The minimum Gasteiger partial charge on any atom is -0.465 e. The van der Waals surface area contributed by atoms with Gasteiger partial charge in [0.1, 0.15) is 15.7 Å². The molecule has 0 atom stereocenters. The SMILES string of the molecule is COC(=O)c1sc(NC(=O)CSc2nnc(C)n2C)c(C(=O)OC)c1C. The quantitative estimate of drug-likeness (QED) is 0.579. The van der Waals surface area contributed by atoms with Crippen molar-refractivity contribution in [1.82, 2.24) is 14.8 Å². The number of thioether (sulfide) groups is 1. The first-order valence-corrected chi connectivity index (χ1v) is 9.19. The topological polar surface area (TPSA) is 112 Å². The van der Waals surface area contributed by atoms with Gasteiger partial charge in [-0.3, -0.25) is 4.79 Å². The molecule has 0 fully saturated rings. The predicted octanol–water partition coefficient (Wildman–Crippen LogP) is 1.80. The van der Waals surface area contributed by atoms with E-state index in [1.807, 2.05) is 6.92 Å². The molecule has 9 nitrogen and oxygen atoms in total. The number of rotatable bonds is 6. The second kappa shape index (κ2) is 8.32. The number of hydrogen-bond acceptors (Lipinski definition) is 9. The van der Waals surface area contributed by atoms with E-state index in [0.29, 0.717) is 10.7 Å². The molecule has 0 saturated carbocycles. The van der Waals surface area contributed by atoms with Crippen molar-refractivity contribution in [2.75, 3.05) is 25.3 Å². The molecule has 0 bridgehead atoms. The highest BCUT2D eigenvalue weighted by Gasteiger charge is 2.26. The Balaban J connectivity index is 2.19. The summed E-state index contributed by atoms with van der Waals surface area (Å²) in [5.41, 5.74) is 0.548. The minimum atomic E-state index is -0.638. The zero-order valence-electron chi connectivity index (χ0n) is 14.9. The monoisotopic (exact) mass is 398 g/mol. The lowest BCUT2D eigenvalue weighted by molar-refractivity contribution is -0.113. The normalized spacial score (nSPS) is 10.5. The molecule has 1 N–H and O–H groups in total. The number of esters is 2. The van der Waals surface area contributed by atoms with Gasteiger partial charge in [-0.25, -0.2) is 9.59 Å². The van der Waals surface area contributed by atoms with E-state index in [4.69, 9.17) is 9.47 Å². The lowest BCUT2D eigenvalue weighted by atomic mass is 10.1. The number of carbonyl (C=O) groups excluding carboxylic acids is 3. The van der Waals surface area contributed by atoms with Gasteiger partial charge in [-0.05, 0) is 19.4 Å². The van der Waals surface area contributed by atoms with Gasteiger partial charge in [-0.15, -0.1) is 21.5 Å². The Bertz CT molecular complexity index is 859. The van der Waals surface area contributed by atoms with Crippen molar-refractivity contribution in [3.63, 3.8) is 0 Å². The fourth-order valence-electron chi connectivity index (χ4n) is 2.04. The average molecular weight is 398 g/mol. The molecule has 2 aromatic rings. The van der Waals surface area contributed by atoms with Crippen LogP contribution in [0.4, 0.5) is 5.00 Å². The second-order valence-electron chi connectivity index (χ2n) is 5.17. The van der Waals surface area contributed by atoms with Gasteiger partial charge >= 0.3 is 11.9 Å². The fourth-order valence-corrected chi connectivity index (χ4v) is 3.93. The van der Waals surface area contributed by atoms with Crippen LogP contribution < -0.4 is 5.32 Å². The summed E-state index contributed by atoms with van der Waals surface area (Å²) >= 11 is 2.18. The molecule has 0 unspecified atom stereocenters. The van der Waals surface area contributed by atoms with Crippen LogP contribution in [0.3, 0.4) is 0 Å². The summed E-state index contributed by atoms with van der Waals surface area (Å²) in [6, 6.07) is 0. The van der Waals surface area contributed by atoms with Crippen LogP contribution in [0.1, 0.15) is 31.4 Å². The molecule has 11 heteroatoms. The summed E-state index contributed by atoms with van der Waals surface area (Å²) in [4.78, 5) is 36.4. The number of methoxy groups -OCH3 is 2. The fraction of sp³-hybridized carbons (Fsp3) is 0.400. The largest absolute Gasteiger partial charge is 0.465 e. The van der Waals surface area contributed by atoms with Crippen LogP contribution in [0.2, 0.25) is 0 Å². The first-order chi connectivity index (χ1) is 12.3. The number of ether oxygens (including phenoxy) is 2. The third kappa shape index (κ3) is 4.05. The highest BCUT2D eigenvalue weighted by atomic mass is 32.2. The summed E-state index contributed by atoms with van der Waals surface area (Å²) in [7, 11) is 4.28. The molecule has 1 amide bonds. The molecule has 0 aromatic carbocycles. The van der Waals surface area contributed by atoms with Gasteiger partial charge in [-0.2, -0.15) is 0 Å². The van der Waals surface area contributed by atoms with Crippen LogP contribution in [0.15, 0.2) is 5.16 Å². The molecule has 0 aliphatic rings. The summed E-state index contributed by atoms with van der Waals surface area (Å²) in [5.74, 6) is -0.768. The Labute approximate surface area is 158 Å². The first-order valence-electron chi connectivity index (χ1n) is 7.38. The number of hydrogen-bond donors (Lipinski definition) is 1. The lowest BCUT2D eigenvalue weighted by Gasteiger charge is -2.06. The van der Waals surface area contributed by atoms with Gasteiger partial charge in [0.2, 0.25) is 5.91 Å². The summed E-state index contributed by atoms with van der Waals surface area (Å²) in [6.07, 6.45) is 0. The Hall–Kier alpha value is -2.40. The standard InChI is InChI=1S/C15H18N4O5S2/c1-7-10(13(21)23-4)12(26-11(7)14(22)24-5)16-9(20)6-25-15-18-17-8(2)19(15)3/h6H2,1-5H3,(H,16,20). The maximum atomic E-state index is 12.3. The minimum absolute atomic E-state index is 0.0666. The smallest absolute Gasteiger partial charge is 0.348 e. The van der Waals surface area contributed by atoms with Crippen molar-refractivity contribution in [1.29, 1.82) is 0 Å². The van der Waals surface area contributed by atoms with Crippen LogP contribution in [0.25, 0.3) is 0 Å². The zero-order valence-corrected chi connectivity index (χ0v) is 16.5. The lowest BCUT2D eigenvalue weighted by Crippen LogP contribution is -2.16. The Morgan fingerprint density at radius 2 is 1.81 bits per heavy atom. The summed E-state index contributed by atoms with van der Waals surface area (Å²) in [5, 5.41) is 11.4. The van der Waals surface area contributed by atoms with E-state index in [1.54, 1.807) is 18.5 Å². The van der Waals surface area contributed by atoms with Crippen LogP contribution >= 0.6 is 23.1 Å². The van der Waals surface area contributed by atoms with E-state index < -0.39 is 11.9 Å². The van der Waals surface area contributed by atoms with Gasteiger partial charge < -0.3 is 19.4 Å². The van der Waals surface area contributed by atoms with Crippen LogP contribution in [0, 0.1) is 13.8 Å². The maximum Gasteiger partial charge on any atom is 0.348 e. The third-order valence-corrected chi connectivity index (χ3v) is 5.75. The number of anilines is 1. The molecule has 26 heavy (non-hydrogen) atoms. The molecule has 0 spiro atoms. The number of aromatic nitrogens is 3. The van der Waals surface area contributed by atoms with E-state index in [0.717, 1.165) is 17.2 Å². The van der Waals surface area contributed by atoms with Crippen LogP contribution in [-0.4, -0.2) is 52.6 Å². The Kier molecular flexibility index (Phi) is 6.37. The molecular formula is C15H18N4O5S2. The maximum absolute atomic E-state index is 12.3. The number of carbonyl (C=O) groups is 3. The van der Waals surface area contributed by atoms with Crippen molar-refractivity contribution in [3.05, 3.63) is 21.8 Å². The van der Waals surface area contributed by atoms with Gasteiger partial charge in [-0.1, -0.05) is 11.8 Å². The van der Waals surface area contributed by atoms with E-state index >= 15 is 0 Å². The van der Waals surface area contributed by atoms with Crippen molar-refractivity contribution < 1.29 is 23.9 Å². The van der Waals surface area contributed by atoms with Gasteiger partial charge in [0.25, 0.3) is 0 Å². The van der Waals surface area contributed by atoms with Gasteiger partial charge in [0.15, 0.2) is 5.16 Å². The van der Waals surface area contributed by atoms with Gasteiger partial charge in [0.05, 0.1) is 25.5 Å². The van der Waals surface area contributed by atoms with E-state index in [2.05, 4.69) is 15.5 Å². The number of thiophene rings is 1. The summed E-state index contributed by atoms with van der Waals surface area (Å²) in [6.45, 7) is 3.41. The number of nitrogens with one attached hydrogen (secondary N) is 1.